The molecule has 0 fully saturated rings. The van der Waals surface area contributed by atoms with Crippen LogP contribution in [-0.2, 0) is 13.2 Å². The van der Waals surface area contributed by atoms with E-state index >= 15 is 0 Å². The molecule has 0 aliphatic carbocycles. The molecule has 4 nitrogen and oxygen atoms in total. The maximum atomic E-state index is 5.90. The number of nitrogens with zero attached hydrogens (tertiary/aromatic N) is 1. The lowest BCUT2D eigenvalue weighted by molar-refractivity contribution is 0.306. The molecule has 0 radical (unpaired) electrons. The van der Waals surface area contributed by atoms with E-state index in [9.17, 15) is 0 Å². The standard InChI is InChI=1S/C17H16N2O2/c18-11-14-10-17(21-19-14)15-8-4-5-9-16(15)20-12-13-6-2-1-3-7-13/h1-10H,11-12,18H2. The van der Waals surface area contributed by atoms with Crippen LogP contribution in [0.15, 0.2) is 65.2 Å². The van der Waals surface area contributed by atoms with Gasteiger partial charge >= 0.3 is 0 Å². The van der Waals surface area contributed by atoms with Gasteiger partial charge in [0.1, 0.15) is 12.4 Å². The minimum Gasteiger partial charge on any atom is -0.488 e. The summed E-state index contributed by atoms with van der Waals surface area (Å²) in [6.45, 7) is 0.867. The smallest absolute Gasteiger partial charge is 0.170 e. The van der Waals surface area contributed by atoms with Gasteiger partial charge in [-0.25, -0.2) is 0 Å². The van der Waals surface area contributed by atoms with Crippen LogP contribution in [0, 0.1) is 0 Å². The second-order valence-corrected chi connectivity index (χ2v) is 4.66. The van der Waals surface area contributed by atoms with Crippen molar-refractivity contribution in [2.45, 2.75) is 13.2 Å². The minimum absolute atomic E-state index is 0.358. The molecule has 0 unspecified atom stereocenters. The predicted molar refractivity (Wildman–Crippen MR) is 80.6 cm³/mol. The zero-order chi connectivity index (χ0) is 14.5. The van der Waals surface area contributed by atoms with Crippen LogP contribution in [0.25, 0.3) is 11.3 Å². The number of hydrogen-bond acceptors (Lipinski definition) is 4. The quantitative estimate of drug-likeness (QED) is 0.778. The average molecular weight is 280 g/mol. The summed E-state index contributed by atoms with van der Waals surface area (Å²) in [7, 11) is 0. The molecule has 1 aromatic heterocycles. The molecule has 0 atom stereocenters. The van der Waals surface area contributed by atoms with Crippen LogP contribution in [0.5, 0.6) is 5.75 Å². The van der Waals surface area contributed by atoms with E-state index in [2.05, 4.69) is 5.16 Å². The molecule has 1 heterocycles. The summed E-state index contributed by atoms with van der Waals surface area (Å²) in [6.07, 6.45) is 0. The van der Waals surface area contributed by atoms with Gasteiger partial charge in [0.15, 0.2) is 5.76 Å². The predicted octanol–water partition coefficient (Wildman–Crippen LogP) is 3.38. The van der Waals surface area contributed by atoms with Crippen molar-refractivity contribution in [3.63, 3.8) is 0 Å². The van der Waals surface area contributed by atoms with Crippen LogP contribution in [0.2, 0.25) is 0 Å². The van der Waals surface area contributed by atoms with E-state index < -0.39 is 0 Å². The van der Waals surface area contributed by atoms with Crippen LogP contribution in [0.3, 0.4) is 0 Å². The Bertz CT molecular complexity index is 708. The molecule has 0 aliphatic heterocycles. The second kappa shape index (κ2) is 6.24. The van der Waals surface area contributed by atoms with E-state index in [0.717, 1.165) is 22.6 Å². The molecule has 0 spiro atoms. The molecule has 2 aromatic carbocycles. The first-order valence-electron chi connectivity index (χ1n) is 6.78. The Morgan fingerprint density at radius 3 is 2.52 bits per heavy atom. The topological polar surface area (TPSA) is 61.3 Å². The third-order valence-electron chi connectivity index (χ3n) is 3.16. The van der Waals surface area contributed by atoms with Crippen molar-refractivity contribution in [1.82, 2.24) is 5.16 Å². The van der Waals surface area contributed by atoms with Crippen LogP contribution in [0.4, 0.5) is 0 Å². The summed E-state index contributed by atoms with van der Waals surface area (Å²) in [5, 5.41) is 3.91. The van der Waals surface area contributed by atoms with Crippen molar-refractivity contribution >= 4 is 0 Å². The van der Waals surface area contributed by atoms with E-state index in [1.807, 2.05) is 60.7 Å². The summed E-state index contributed by atoms with van der Waals surface area (Å²) in [5.74, 6) is 1.43. The van der Waals surface area contributed by atoms with Gasteiger partial charge in [-0.15, -0.1) is 0 Å². The normalized spacial score (nSPS) is 10.5. The van der Waals surface area contributed by atoms with Crippen molar-refractivity contribution in [3.8, 4) is 17.1 Å². The number of para-hydroxylation sites is 1. The summed E-state index contributed by atoms with van der Waals surface area (Å²) in [5.41, 5.74) is 8.28. The SMILES string of the molecule is NCc1cc(-c2ccccc2OCc2ccccc2)on1. The van der Waals surface area contributed by atoms with Gasteiger partial charge < -0.3 is 15.0 Å². The highest BCUT2D eigenvalue weighted by molar-refractivity contribution is 5.65. The summed E-state index contributed by atoms with van der Waals surface area (Å²) < 4.78 is 11.2. The third-order valence-corrected chi connectivity index (χ3v) is 3.16. The van der Waals surface area contributed by atoms with Crippen LogP contribution in [-0.4, -0.2) is 5.16 Å². The summed E-state index contributed by atoms with van der Waals surface area (Å²) in [4.78, 5) is 0. The monoisotopic (exact) mass is 280 g/mol. The second-order valence-electron chi connectivity index (χ2n) is 4.66. The number of nitrogens with two attached hydrogens (primary N) is 1. The molecule has 0 bridgehead atoms. The lowest BCUT2D eigenvalue weighted by Gasteiger charge is -2.09. The van der Waals surface area contributed by atoms with Crippen molar-refractivity contribution in [1.29, 1.82) is 0 Å². The summed E-state index contributed by atoms with van der Waals surface area (Å²) in [6, 6.07) is 19.6. The molecular formula is C17H16N2O2. The van der Waals surface area contributed by atoms with E-state index in [-0.39, 0.29) is 0 Å². The lowest BCUT2D eigenvalue weighted by atomic mass is 10.1. The zero-order valence-electron chi connectivity index (χ0n) is 11.5. The fourth-order valence-corrected chi connectivity index (χ4v) is 2.07. The van der Waals surface area contributed by atoms with Gasteiger partial charge in [0.2, 0.25) is 0 Å². The fourth-order valence-electron chi connectivity index (χ4n) is 2.07. The van der Waals surface area contributed by atoms with Gasteiger partial charge in [-0.3, -0.25) is 0 Å². The van der Waals surface area contributed by atoms with Crippen LogP contribution in [0.1, 0.15) is 11.3 Å². The number of rotatable bonds is 5. The Labute approximate surface area is 123 Å². The molecule has 0 saturated carbocycles. The molecule has 3 aromatic rings. The van der Waals surface area contributed by atoms with E-state index in [1.165, 1.54) is 0 Å². The minimum atomic E-state index is 0.358. The van der Waals surface area contributed by atoms with Gasteiger partial charge in [-0.1, -0.05) is 47.6 Å². The van der Waals surface area contributed by atoms with Gasteiger partial charge in [0, 0.05) is 12.6 Å². The Hall–Kier alpha value is -2.59. The van der Waals surface area contributed by atoms with Crippen molar-refractivity contribution in [3.05, 3.63) is 71.9 Å². The largest absolute Gasteiger partial charge is 0.488 e. The van der Waals surface area contributed by atoms with Gasteiger partial charge in [0.05, 0.1) is 11.3 Å². The number of aromatic nitrogens is 1. The van der Waals surface area contributed by atoms with Crippen molar-refractivity contribution in [2.24, 2.45) is 5.73 Å². The first-order valence-corrected chi connectivity index (χ1v) is 6.78. The summed E-state index contributed by atoms with van der Waals surface area (Å²) >= 11 is 0. The van der Waals surface area contributed by atoms with E-state index in [1.54, 1.807) is 0 Å². The Morgan fingerprint density at radius 1 is 1.00 bits per heavy atom. The number of benzene rings is 2. The molecule has 3 rings (SSSR count). The highest BCUT2D eigenvalue weighted by Crippen LogP contribution is 2.30. The van der Waals surface area contributed by atoms with Crippen LogP contribution >= 0.6 is 0 Å². The Balaban J connectivity index is 1.82. The number of hydrogen-bond donors (Lipinski definition) is 1. The zero-order valence-corrected chi connectivity index (χ0v) is 11.5. The third kappa shape index (κ3) is 3.12. The molecule has 2 N–H and O–H groups in total. The lowest BCUT2D eigenvalue weighted by Crippen LogP contribution is -1.96. The molecule has 0 amide bonds. The van der Waals surface area contributed by atoms with Gasteiger partial charge in [0.25, 0.3) is 0 Å². The molecule has 21 heavy (non-hydrogen) atoms. The molecular weight excluding hydrogens is 264 g/mol. The average Bonchev–Trinajstić information content (AvgIpc) is 3.03. The van der Waals surface area contributed by atoms with E-state index in [4.69, 9.17) is 15.0 Å². The highest BCUT2D eigenvalue weighted by Gasteiger charge is 2.11. The van der Waals surface area contributed by atoms with Gasteiger partial charge in [-0.2, -0.15) is 0 Å². The van der Waals surface area contributed by atoms with Crippen LogP contribution < -0.4 is 10.5 Å². The van der Waals surface area contributed by atoms with Crippen molar-refractivity contribution in [2.75, 3.05) is 0 Å². The first-order chi connectivity index (χ1) is 10.4. The molecule has 0 saturated heterocycles. The number of ether oxygens (including phenoxy) is 1. The maximum absolute atomic E-state index is 5.90. The molecule has 0 aliphatic rings. The van der Waals surface area contributed by atoms with Gasteiger partial charge in [-0.05, 0) is 17.7 Å². The van der Waals surface area contributed by atoms with E-state index in [0.29, 0.717) is 18.9 Å². The maximum Gasteiger partial charge on any atom is 0.170 e. The molecule has 4 heteroatoms. The van der Waals surface area contributed by atoms with Crippen molar-refractivity contribution < 1.29 is 9.26 Å². The first kappa shape index (κ1) is 13.4. The Morgan fingerprint density at radius 2 is 1.76 bits per heavy atom. The highest BCUT2D eigenvalue weighted by atomic mass is 16.5. The Kier molecular flexibility index (Phi) is 3.98. The fraction of sp³-hybridized carbons (Fsp3) is 0.118. The molecule has 106 valence electrons.